The number of piperidine rings is 1. The molecule has 1 N–H and O–H groups in total. The highest BCUT2D eigenvalue weighted by Gasteiger charge is 2.38. The van der Waals surface area contributed by atoms with Gasteiger partial charge in [0, 0.05) is 19.1 Å². The molecule has 1 saturated heterocycles. The maximum absolute atomic E-state index is 12.5. The van der Waals surface area contributed by atoms with Crippen LogP contribution in [0.3, 0.4) is 0 Å². The Morgan fingerprint density at radius 3 is 2.46 bits per heavy atom. The average molecular weight is 325 g/mol. The molecule has 1 aliphatic heterocycles. The third-order valence-corrected chi connectivity index (χ3v) is 5.82. The zero-order valence-electron chi connectivity index (χ0n) is 14.5. The van der Waals surface area contributed by atoms with Crippen molar-refractivity contribution in [3.63, 3.8) is 0 Å². The lowest BCUT2D eigenvalue weighted by molar-refractivity contribution is -0.127. The minimum atomic E-state index is -0.403. The molecule has 1 atom stereocenters. The average Bonchev–Trinajstić information content (AvgIpc) is 3.15. The lowest BCUT2D eigenvalue weighted by atomic mass is 9.74. The van der Waals surface area contributed by atoms with Crippen molar-refractivity contribution in [3.05, 3.63) is 35.9 Å². The van der Waals surface area contributed by atoms with Gasteiger partial charge in [0.2, 0.25) is 5.91 Å². The number of hydrogen-bond acceptors (Lipinski definition) is 3. The quantitative estimate of drug-likeness (QED) is 0.926. The molecule has 4 nitrogen and oxygen atoms in total. The number of likely N-dealkylation sites (tertiary alicyclic amines) is 1. The van der Waals surface area contributed by atoms with Crippen molar-refractivity contribution in [3.8, 4) is 6.07 Å². The molecule has 0 radical (unpaired) electrons. The van der Waals surface area contributed by atoms with E-state index in [0.717, 1.165) is 44.3 Å². The van der Waals surface area contributed by atoms with Gasteiger partial charge < -0.3 is 5.32 Å². The van der Waals surface area contributed by atoms with Crippen LogP contribution in [-0.4, -0.2) is 36.0 Å². The molecule has 0 aromatic heterocycles. The number of carbonyl (C=O) groups excluding carboxylic acids is 1. The fraction of sp³-hybridized carbons (Fsp3) is 0.600. The molecule has 1 aromatic rings. The molecule has 2 fully saturated rings. The van der Waals surface area contributed by atoms with Gasteiger partial charge in [-0.1, -0.05) is 43.2 Å². The largest absolute Gasteiger partial charge is 0.352 e. The lowest BCUT2D eigenvalue weighted by Gasteiger charge is -2.40. The molecule has 128 valence electrons. The van der Waals surface area contributed by atoms with E-state index in [0.29, 0.717) is 6.04 Å². The zero-order valence-corrected chi connectivity index (χ0v) is 14.5. The second-order valence-electron chi connectivity index (χ2n) is 7.26. The second-order valence-corrected chi connectivity index (χ2v) is 7.26. The molecule has 24 heavy (non-hydrogen) atoms. The summed E-state index contributed by atoms with van der Waals surface area (Å²) in [6, 6.07) is 12.9. The summed E-state index contributed by atoms with van der Waals surface area (Å²) in [5.74, 6) is 0.145. The SMILES string of the molecule is CC(C(=O)NC1CCCC1)N1CCC(C#N)(c2ccccc2)CC1. The number of nitrogens with one attached hydrogen (secondary N) is 1. The van der Waals surface area contributed by atoms with Crippen LogP contribution in [0.5, 0.6) is 0 Å². The Morgan fingerprint density at radius 1 is 1.25 bits per heavy atom. The van der Waals surface area contributed by atoms with Gasteiger partial charge >= 0.3 is 0 Å². The molecule has 1 heterocycles. The minimum absolute atomic E-state index is 0.113. The van der Waals surface area contributed by atoms with Crippen LogP contribution < -0.4 is 5.32 Å². The number of nitrogens with zero attached hydrogens (tertiary/aromatic N) is 2. The van der Waals surface area contributed by atoms with Gasteiger partial charge in [-0.05, 0) is 38.2 Å². The number of hydrogen-bond donors (Lipinski definition) is 1. The predicted octanol–water partition coefficient (Wildman–Crippen LogP) is 2.99. The molecule has 3 rings (SSSR count). The topological polar surface area (TPSA) is 56.1 Å². The van der Waals surface area contributed by atoms with Crippen LogP contribution in [-0.2, 0) is 10.2 Å². The fourth-order valence-electron chi connectivity index (χ4n) is 4.07. The van der Waals surface area contributed by atoms with E-state index in [9.17, 15) is 10.1 Å². The van der Waals surface area contributed by atoms with Gasteiger partial charge in [0.1, 0.15) is 0 Å². The van der Waals surface area contributed by atoms with Crippen molar-refractivity contribution in [1.29, 1.82) is 5.26 Å². The van der Waals surface area contributed by atoms with E-state index >= 15 is 0 Å². The molecule has 1 aliphatic carbocycles. The van der Waals surface area contributed by atoms with Crippen molar-refractivity contribution >= 4 is 5.91 Å². The first-order chi connectivity index (χ1) is 11.6. The maximum atomic E-state index is 12.5. The van der Waals surface area contributed by atoms with Gasteiger partial charge in [0.15, 0.2) is 0 Å². The normalized spacial score (nSPS) is 22.7. The molecule has 2 aliphatic rings. The smallest absolute Gasteiger partial charge is 0.237 e. The van der Waals surface area contributed by atoms with Crippen LogP contribution in [0.4, 0.5) is 0 Å². The van der Waals surface area contributed by atoms with Crippen LogP contribution in [0.1, 0.15) is 51.0 Å². The minimum Gasteiger partial charge on any atom is -0.352 e. The summed E-state index contributed by atoms with van der Waals surface area (Å²) < 4.78 is 0. The van der Waals surface area contributed by atoms with Crippen LogP contribution in [0.15, 0.2) is 30.3 Å². The Hall–Kier alpha value is -1.86. The van der Waals surface area contributed by atoms with Gasteiger partial charge in [0.05, 0.1) is 17.5 Å². The molecule has 1 amide bonds. The van der Waals surface area contributed by atoms with E-state index in [-0.39, 0.29) is 11.9 Å². The van der Waals surface area contributed by atoms with Crippen molar-refractivity contribution in [1.82, 2.24) is 10.2 Å². The molecule has 0 spiro atoms. The monoisotopic (exact) mass is 325 g/mol. The van der Waals surface area contributed by atoms with Crippen molar-refractivity contribution in [2.75, 3.05) is 13.1 Å². The Kier molecular flexibility index (Phi) is 5.20. The summed E-state index contributed by atoms with van der Waals surface area (Å²) in [5.41, 5.74) is 0.703. The Morgan fingerprint density at radius 2 is 1.88 bits per heavy atom. The van der Waals surface area contributed by atoms with Gasteiger partial charge in [-0.3, -0.25) is 9.69 Å². The van der Waals surface area contributed by atoms with Crippen LogP contribution in [0, 0.1) is 11.3 Å². The lowest BCUT2D eigenvalue weighted by Crippen LogP contribution is -2.52. The highest BCUT2D eigenvalue weighted by Crippen LogP contribution is 2.35. The highest BCUT2D eigenvalue weighted by molar-refractivity contribution is 5.81. The molecular formula is C20H27N3O. The Bertz CT molecular complexity index is 593. The summed E-state index contributed by atoms with van der Waals surface area (Å²) in [7, 11) is 0. The predicted molar refractivity (Wildman–Crippen MR) is 94.4 cm³/mol. The molecule has 4 heteroatoms. The first kappa shape index (κ1) is 17.0. The zero-order chi connectivity index (χ0) is 17.0. The molecular weight excluding hydrogens is 298 g/mol. The van der Waals surface area contributed by atoms with Crippen LogP contribution >= 0.6 is 0 Å². The third kappa shape index (κ3) is 3.47. The van der Waals surface area contributed by atoms with Crippen molar-refractivity contribution in [2.45, 2.75) is 62.9 Å². The number of amides is 1. The summed E-state index contributed by atoms with van der Waals surface area (Å²) in [6.07, 6.45) is 6.26. The van der Waals surface area contributed by atoms with E-state index in [1.165, 1.54) is 12.8 Å². The third-order valence-electron chi connectivity index (χ3n) is 5.82. The Balaban J connectivity index is 1.59. The van der Waals surface area contributed by atoms with Gasteiger partial charge in [0.25, 0.3) is 0 Å². The van der Waals surface area contributed by atoms with E-state index in [2.05, 4.69) is 28.4 Å². The molecule has 1 unspecified atom stereocenters. The second kappa shape index (κ2) is 7.36. The molecule has 1 saturated carbocycles. The summed E-state index contributed by atoms with van der Waals surface area (Å²) in [6.45, 7) is 3.58. The van der Waals surface area contributed by atoms with Crippen molar-refractivity contribution < 1.29 is 4.79 Å². The summed E-state index contributed by atoms with van der Waals surface area (Å²) in [4.78, 5) is 14.7. The van der Waals surface area contributed by atoms with Crippen LogP contribution in [0.25, 0.3) is 0 Å². The summed E-state index contributed by atoms with van der Waals surface area (Å²) in [5, 5.41) is 13.0. The highest BCUT2D eigenvalue weighted by atomic mass is 16.2. The first-order valence-electron chi connectivity index (χ1n) is 9.16. The van der Waals surface area contributed by atoms with E-state index in [1.807, 2.05) is 25.1 Å². The van der Waals surface area contributed by atoms with E-state index < -0.39 is 5.41 Å². The molecule has 1 aromatic carbocycles. The van der Waals surface area contributed by atoms with Crippen molar-refractivity contribution in [2.24, 2.45) is 0 Å². The number of carbonyl (C=O) groups is 1. The Labute approximate surface area is 144 Å². The van der Waals surface area contributed by atoms with E-state index in [1.54, 1.807) is 0 Å². The standard InChI is InChI=1S/C20H27N3O/c1-16(19(24)22-18-9-5-6-10-18)23-13-11-20(15-21,12-14-23)17-7-3-2-4-8-17/h2-4,7-8,16,18H,5-6,9-14H2,1H3,(H,22,24). The molecule has 0 bridgehead atoms. The number of nitriles is 1. The van der Waals surface area contributed by atoms with Gasteiger partial charge in [-0.25, -0.2) is 0 Å². The number of rotatable bonds is 4. The summed E-state index contributed by atoms with van der Waals surface area (Å²) >= 11 is 0. The fourth-order valence-corrected chi connectivity index (χ4v) is 4.07. The van der Waals surface area contributed by atoms with Gasteiger partial charge in [-0.2, -0.15) is 5.26 Å². The van der Waals surface area contributed by atoms with Crippen LogP contribution in [0.2, 0.25) is 0 Å². The van der Waals surface area contributed by atoms with Gasteiger partial charge in [-0.15, -0.1) is 0 Å². The maximum Gasteiger partial charge on any atom is 0.237 e. The van der Waals surface area contributed by atoms with E-state index in [4.69, 9.17) is 0 Å². The number of benzene rings is 1. The first-order valence-corrected chi connectivity index (χ1v) is 9.16.